The van der Waals surface area contributed by atoms with Gasteiger partial charge in [-0.2, -0.15) is 0 Å². The first-order valence-corrected chi connectivity index (χ1v) is 20.6. The minimum atomic E-state index is 0.650. The van der Waals surface area contributed by atoms with E-state index in [9.17, 15) is 0 Å². The molecule has 9 aromatic carbocycles. The van der Waals surface area contributed by atoms with Crippen LogP contribution in [0.1, 0.15) is 0 Å². The minimum Gasteiger partial charge on any atom is -0.455 e. The van der Waals surface area contributed by atoms with Gasteiger partial charge in [0.2, 0.25) is 0 Å². The Morgan fingerprint density at radius 2 is 0.787 bits per heavy atom. The molecular weight excluding hydrogens is 741 g/mol. The van der Waals surface area contributed by atoms with Gasteiger partial charge in [0, 0.05) is 27.5 Å². The first-order chi connectivity index (χ1) is 30.2. The van der Waals surface area contributed by atoms with Crippen molar-refractivity contribution in [2.45, 2.75) is 0 Å². The first-order valence-electron chi connectivity index (χ1n) is 20.6. The van der Waals surface area contributed by atoms with E-state index in [1.165, 1.54) is 22.3 Å². The van der Waals surface area contributed by atoms with Gasteiger partial charge in [0.1, 0.15) is 11.2 Å². The molecule has 0 bridgehead atoms. The maximum absolute atomic E-state index is 6.76. The zero-order valence-electron chi connectivity index (χ0n) is 33.2. The summed E-state index contributed by atoms with van der Waals surface area (Å²) in [7, 11) is 0. The van der Waals surface area contributed by atoms with Gasteiger partial charge in [-0.3, -0.25) is 0 Å². The van der Waals surface area contributed by atoms with Crippen molar-refractivity contribution in [3.05, 3.63) is 231 Å². The lowest BCUT2D eigenvalue weighted by Crippen LogP contribution is -1.97. The van der Waals surface area contributed by atoms with Crippen LogP contribution in [0.15, 0.2) is 235 Å². The third-order valence-electron chi connectivity index (χ3n) is 11.5. The van der Waals surface area contributed by atoms with Crippen molar-refractivity contribution in [3.8, 4) is 89.5 Å². The second-order valence-electron chi connectivity index (χ2n) is 15.3. The average molecular weight is 779 g/mol. The summed E-state index contributed by atoms with van der Waals surface area (Å²) in [4.78, 5) is 10.6. The highest BCUT2D eigenvalue weighted by molar-refractivity contribution is 6.16. The first kappa shape index (κ1) is 36.0. The Bertz CT molecular complexity index is 3320. The molecule has 0 amide bonds. The number of rotatable bonds is 8. The smallest absolute Gasteiger partial charge is 0.160 e. The molecule has 11 rings (SSSR count). The van der Waals surface area contributed by atoms with E-state index < -0.39 is 0 Å². The molecule has 0 spiro atoms. The third kappa shape index (κ3) is 6.78. The highest BCUT2D eigenvalue weighted by Gasteiger charge is 2.21. The van der Waals surface area contributed by atoms with Gasteiger partial charge in [-0.1, -0.05) is 194 Å². The molecule has 11 aromatic rings. The molecule has 0 aliphatic heterocycles. The molecule has 3 nitrogen and oxygen atoms in total. The summed E-state index contributed by atoms with van der Waals surface area (Å²) < 4.78 is 6.76. The van der Waals surface area contributed by atoms with Gasteiger partial charge >= 0.3 is 0 Å². The molecular formula is C58H38N2O. The summed E-state index contributed by atoms with van der Waals surface area (Å²) in [5.74, 6) is 0.650. The summed E-state index contributed by atoms with van der Waals surface area (Å²) in [5.41, 5.74) is 17.6. The van der Waals surface area contributed by atoms with Crippen LogP contribution in [0.2, 0.25) is 0 Å². The van der Waals surface area contributed by atoms with E-state index in [0.717, 1.165) is 83.4 Å². The summed E-state index contributed by atoms with van der Waals surface area (Å²) in [6.45, 7) is 0. The number of hydrogen-bond acceptors (Lipinski definition) is 3. The number of para-hydroxylation sites is 1. The lowest BCUT2D eigenvalue weighted by molar-refractivity contribution is 0.670. The second kappa shape index (κ2) is 15.6. The van der Waals surface area contributed by atoms with Crippen LogP contribution in [0.3, 0.4) is 0 Å². The number of fused-ring (bicyclic) bond motifs is 3. The van der Waals surface area contributed by atoms with E-state index in [1.54, 1.807) is 0 Å². The third-order valence-corrected chi connectivity index (χ3v) is 11.5. The van der Waals surface area contributed by atoms with Crippen molar-refractivity contribution in [3.63, 3.8) is 0 Å². The molecule has 2 heterocycles. The van der Waals surface area contributed by atoms with E-state index in [0.29, 0.717) is 5.82 Å². The van der Waals surface area contributed by atoms with Crippen molar-refractivity contribution in [2.75, 3.05) is 0 Å². The van der Waals surface area contributed by atoms with Crippen LogP contribution in [0.4, 0.5) is 0 Å². The van der Waals surface area contributed by atoms with E-state index in [1.807, 2.05) is 30.3 Å². The quantitative estimate of drug-likeness (QED) is 0.154. The Morgan fingerprint density at radius 1 is 0.295 bits per heavy atom. The minimum absolute atomic E-state index is 0.650. The molecule has 2 aromatic heterocycles. The maximum Gasteiger partial charge on any atom is 0.160 e. The lowest BCUT2D eigenvalue weighted by Gasteiger charge is -2.19. The van der Waals surface area contributed by atoms with Gasteiger partial charge in [-0.05, 0) is 92.0 Å². The molecule has 0 aliphatic carbocycles. The van der Waals surface area contributed by atoms with Crippen LogP contribution in [0.25, 0.3) is 111 Å². The Balaban J connectivity index is 1.14. The van der Waals surface area contributed by atoms with Gasteiger partial charge in [0.05, 0.1) is 11.4 Å². The van der Waals surface area contributed by atoms with Crippen molar-refractivity contribution in [1.82, 2.24) is 9.97 Å². The van der Waals surface area contributed by atoms with Gasteiger partial charge < -0.3 is 4.42 Å². The summed E-state index contributed by atoms with van der Waals surface area (Å²) in [6.07, 6.45) is 0. The molecule has 0 N–H and O–H groups in total. The van der Waals surface area contributed by atoms with Crippen LogP contribution in [-0.2, 0) is 0 Å². The zero-order valence-corrected chi connectivity index (χ0v) is 33.2. The largest absolute Gasteiger partial charge is 0.455 e. The predicted octanol–water partition coefficient (Wildman–Crippen LogP) is 15.7. The second-order valence-corrected chi connectivity index (χ2v) is 15.3. The van der Waals surface area contributed by atoms with E-state index in [4.69, 9.17) is 14.4 Å². The topological polar surface area (TPSA) is 38.9 Å². The molecule has 0 atom stereocenters. The van der Waals surface area contributed by atoms with Gasteiger partial charge in [0.15, 0.2) is 5.82 Å². The van der Waals surface area contributed by atoms with E-state index in [2.05, 4.69) is 200 Å². The highest BCUT2D eigenvalue weighted by atomic mass is 16.3. The van der Waals surface area contributed by atoms with Crippen LogP contribution in [0.5, 0.6) is 0 Å². The van der Waals surface area contributed by atoms with Crippen molar-refractivity contribution < 1.29 is 4.42 Å². The molecule has 0 unspecified atom stereocenters. The number of furan rings is 1. The Morgan fingerprint density at radius 3 is 1.46 bits per heavy atom. The SMILES string of the molecule is c1ccc(-c2cc(-c3ccccc3)c(-c3ccccc3)c(-c3cccc(-c4cc(-c5ccc(-c6ccccc6)c6c5oc5ccccc56)nc(-c5ccccc5)n4)c3)c2)cc1. The van der Waals surface area contributed by atoms with Crippen molar-refractivity contribution in [1.29, 1.82) is 0 Å². The fraction of sp³-hybridized carbons (Fsp3) is 0. The molecule has 61 heavy (non-hydrogen) atoms. The van der Waals surface area contributed by atoms with Gasteiger partial charge in [-0.15, -0.1) is 0 Å². The fourth-order valence-electron chi connectivity index (χ4n) is 8.61. The van der Waals surface area contributed by atoms with Crippen LogP contribution < -0.4 is 0 Å². The van der Waals surface area contributed by atoms with E-state index >= 15 is 0 Å². The number of hydrogen-bond donors (Lipinski definition) is 0. The van der Waals surface area contributed by atoms with Crippen molar-refractivity contribution >= 4 is 21.9 Å². The highest BCUT2D eigenvalue weighted by Crippen LogP contribution is 2.45. The fourth-order valence-corrected chi connectivity index (χ4v) is 8.61. The molecule has 0 fully saturated rings. The predicted molar refractivity (Wildman–Crippen MR) is 253 cm³/mol. The van der Waals surface area contributed by atoms with Gasteiger partial charge in [-0.25, -0.2) is 9.97 Å². The Kier molecular flexibility index (Phi) is 9.18. The molecule has 0 saturated carbocycles. The Hall–Kier alpha value is -8.14. The number of nitrogens with zero attached hydrogens (tertiary/aromatic N) is 2. The summed E-state index contributed by atoms with van der Waals surface area (Å²) in [6, 6.07) is 81.1. The summed E-state index contributed by atoms with van der Waals surface area (Å²) >= 11 is 0. The van der Waals surface area contributed by atoms with Crippen molar-refractivity contribution in [2.24, 2.45) is 0 Å². The zero-order chi connectivity index (χ0) is 40.5. The van der Waals surface area contributed by atoms with Gasteiger partial charge in [0.25, 0.3) is 0 Å². The maximum atomic E-state index is 6.76. The molecule has 0 saturated heterocycles. The monoisotopic (exact) mass is 778 g/mol. The average Bonchev–Trinajstić information content (AvgIpc) is 3.74. The van der Waals surface area contributed by atoms with E-state index in [-0.39, 0.29) is 0 Å². The Labute approximate surface area is 354 Å². The summed E-state index contributed by atoms with van der Waals surface area (Å²) in [5, 5.41) is 2.15. The van der Waals surface area contributed by atoms with Crippen LogP contribution >= 0.6 is 0 Å². The van der Waals surface area contributed by atoms with Crippen LogP contribution in [0, 0.1) is 0 Å². The molecule has 0 aliphatic rings. The molecule has 3 heteroatoms. The number of benzene rings is 9. The molecule has 0 radical (unpaired) electrons. The van der Waals surface area contributed by atoms with Crippen LogP contribution in [-0.4, -0.2) is 9.97 Å². The lowest BCUT2D eigenvalue weighted by atomic mass is 9.84. The normalized spacial score (nSPS) is 11.3. The number of aromatic nitrogens is 2. The standard InChI is InChI=1S/C58H38N2O/c1-6-19-39(20-7-1)46-36-50(41-23-10-3-11-24-41)55(42-25-12-4-13-26-42)51(37-46)44-29-18-30-45(35-44)52-38-53(60-58(59-52)43-27-14-5-15-28-43)48-34-33-47(40-21-8-2-9-22-40)56-49-31-16-17-32-54(49)61-57(48)56/h1-38H. The molecule has 286 valence electrons.